The number of Topliss-reactive ketones (excluding diaryl/α,β-unsaturated/α-hetero) is 1. The Balaban J connectivity index is 1.90. The fourth-order valence-electron chi connectivity index (χ4n) is 2.34. The maximum atomic E-state index is 12.2. The van der Waals surface area contributed by atoms with Gasteiger partial charge in [-0.2, -0.15) is 5.26 Å². The van der Waals surface area contributed by atoms with Crippen LogP contribution in [0.15, 0.2) is 42.5 Å². The Kier molecular flexibility index (Phi) is 7.32. The molecule has 8 nitrogen and oxygen atoms in total. The zero-order chi connectivity index (χ0) is 21.4. The number of carbonyl (C=O) groups excluding carboxylic acids is 3. The van der Waals surface area contributed by atoms with Crippen LogP contribution in [0.3, 0.4) is 0 Å². The number of benzene rings is 2. The highest BCUT2D eigenvalue weighted by molar-refractivity contribution is 5.95. The third-order valence-corrected chi connectivity index (χ3v) is 3.85. The zero-order valence-corrected chi connectivity index (χ0v) is 16.2. The Hall–Kier alpha value is -3.86. The summed E-state index contributed by atoms with van der Waals surface area (Å²) in [6.07, 6.45) is -1.07. The number of hydrogen-bond donors (Lipinski definition) is 1. The molecule has 0 saturated heterocycles. The fraction of sp³-hybridized carbons (Fsp3) is 0.238. The third-order valence-electron chi connectivity index (χ3n) is 3.85. The first-order valence-electron chi connectivity index (χ1n) is 8.66. The van der Waals surface area contributed by atoms with Gasteiger partial charge in [-0.1, -0.05) is 6.07 Å². The van der Waals surface area contributed by atoms with Crippen molar-refractivity contribution in [2.24, 2.45) is 0 Å². The van der Waals surface area contributed by atoms with Crippen molar-refractivity contribution in [2.45, 2.75) is 20.0 Å². The van der Waals surface area contributed by atoms with Crippen molar-refractivity contribution in [2.75, 3.05) is 19.0 Å². The third kappa shape index (κ3) is 6.07. The highest BCUT2D eigenvalue weighted by atomic mass is 16.6. The van der Waals surface area contributed by atoms with Crippen molar-refractivity contribution in [1.29, 1.82) is 5.26 Å². The van der Waals surface area contributed by atoms with Crippen LogP contribution in [-0.2, 0) is 14.3 Å². The molecule has 0 aliphatic heterocycles. The molecular formula is C21H20N2O6. The van der Waals surface area contributed by atoms with E-state index in [9.17, 15) is 14.4 Å². The fourth-order valence-corrected chi connectivity index (χ4v) is 2.34. The average molecular weight is 396 g/mol. The predicted molar refractivity (Wildman–Crippen MR) is 104 cm³/mol. The quantitative estimate of drug-likeness (QED) is 0.539. The van der Waals surface area contributed by atoms with E-state index < -0.39 is 24.6 Å². The molecule has 8 heteroatoms. The first-order valence-corrected chi connectivity index (χ1v) is 8.66. The molecule has 2 aromatic carbocycles. The lowest BCUT2D eigenvalue weighted by Gasteiger charge is -2.15. The lowest BCUT2D eigenvalue weighted by atomic mass is 10.1. The summed E-state index contributed by atoms with van der Waals surface area (Å²) in [7, 11) is 1.41. The Morgan fingerprint density at radius 2 is 1.90 bits per heavy atom. The molecule has 150 valence electrons. The molecular weight excluding hydrogens is 376 g/mol. The molecule has 0 aromatic heterocycles. The van der Waals surface area contributed by atoms with Crippen LogP contribution < -0.4 is 14.8 Å². The van der Waals surface area contributed by atoms with E-state index in [1.54, 1.807) is 24.3 Å². The minimum absolute atomic E-state index is 0.130. The van der Waals surface area contributed by atoms with Gasteiger partial charge in [0.05, 0.1) is 18.7 Å². The Labute approximate surface area is 168 Å². The van der Waals surface area contributed by atoms with Crippen LogP contribution >= 0.6 is 0 Å². The summed E-state index contributed by atoms with van der Waals surface area (Å²) in [5.41, 5.74) is 1.26. The molecule has 0 unspecified atom stereocenters. The van der Waals surface area contributed by atoms with Crippen LogP contribution in [0.4, 0.5) is 5.69 Å². The summed E-state index contributed by atoms with van der Waals surface area (Å²) in [6.45, 7) is 2.40. The SMILES string of the molecule is COc1cc(C(C)=O)ccc1OCC(=O)O[C@@H](C)C(=O)Nc1cccc(C#N)c1. The van der Waals surface area contributed by atoms with E-state index in [1.807, 2.05) is 6.07 Å². The Morgan fingerprint density at radius 3 is 2.55 bits per heavy atom. The van der Waals surface area contributed by atoms with Crippen molar-refractivity contribution >= 4 is 23.3 Å². The minimum atomic E-state index is -1.07. The maximum Gasteiger partial charge on any atom is 0.344 e. The van der Waals surface area contributed by atoms with Gasteiger partial charge in [0.25, 0.3) is 5.91 Å². The molecule has 0 aliphatic carbocycles. The second kappa shape index (κ2) is 9.90. The number of rotatable bonds is 8. The molecule has 2 aromatic rings. The molecule has 1 amide bonds. The van der Waals surface area contributed by atoms with Gasteiger partial charge in [0, 0.05) is 11.3 Å². The van der Waals surface area contributed by atoms with Gasteiger partial charge in [0.2, 0.25) is 0 Å². The lowest BCUT2D eigenvalue weighted by molar-refractivity contribution is -0.155. The number of methoxy groups -OCH3 is 1. The number of anilines is 1. The molecule has 0 saturated carbocycles. The number of nitrogens with zero attached hydrogens (tertiary/aromatic N) is 1. The van der Waals surface area contributed by atoms with Crippen LogP contribution in [0, 0.1) is 11.3 Å². The van der Waals surface area contributed by atoms with E-state index in [-0.39, 0.29) is 11.5 Å². The zero-order valence-electron chi connectivity index (χ0n) is 16.2. The van der Waals surface area contributed by atoms with Crippen molar-refractivity contribution in [3.63, 3.8) is 0 Å². The number of ketones is 1. The van der Waals surface area contributed by atoms with Crippen molar-refractivity contribution in [1.82, 2.24) is 0 Å². The van der Waals surface area contributed by atoms with E-state index in [2.05, 4.69) is 5.32 Å². The number of carbonyl (C=O) groups is 3. The van der Waals surface area contributed by atoms with Crippen LogP contribution in [0.2, 0.25) is 0 Å². The Bertz CT molecular complexity index is 964. The lowest BCUT2D eigenvalue weighted by Crippen LogP contribution is -2.31. The van der Waals surface area contributed by atoms with Crippen molar-refractivity contribution in [3.05, 3.63) is 53.6 Å². The molecule has 0 spiro atoms. The highest BCUT2D eigenvalue weighted by Gasteiger charge is 2.19. The molecule has 2 rings (SSSR count). The second-order valence-corrected chi connectivity index (χ2v) is 6.02. The first kappa shape index (κ1) is 21.4. The molecule has 1 N–H and O–H groups in total. The predicted octanol–water partition coefficient (Wildman–Crippen LogP) is 2.72. The van der Waals surface area contributed by atoms with Gasteiger partial charge in [-0.25, -0.2) is 4.79 Å². The number of nitrogens with one attached hydrogen (secondary N) is 1. The maximum absolute atomic E-state index is 12.2. The number of esters is 1. The van der Waals surface area contributed by atoms with Crippen LogP contribution in [0.5, 0.6) is 11.5 Å². The molecule has 0 bridgehead atoms. The highest BCUT2D eigenvalue weighted by Crippen LogP contribution is 2.28. The molecule has 1 atom stereocenters. The molecule has 0 radical (unpaired) electrons. The normalized spacial score (nSPS) is 11.0. The van der Waals surface area contributed by atoms with Gasteiger partial charge in [-0.3, -0.25) is 9.59 Å². The van der Waals surface area contributed by atoms with Crippen LogP contribution in [0.1, 0.15) is 29.8 Å². The number of amides is 1. The van der Waals surface area contributed by atoms with Gasteiger partial charge in [-0.15, -0.1) is 0 Å². The van der Waals surface area contributed by atoms with Gasteiger partial charge in [-0.05, 0) is 50.2 Å². The standard InChI is InChI=1S/C21H20N2O6/c1-13(24)16-7-8-18(19(10-16)27-3)28-12-20(25)29-14(2)21(26)23-17-6-4-5-15(9-17)11-22/h4-10,14H,12H2,1-3H3,(H,23,26)/t14-/m0/s1. The molecule has 0 heterocycles. The molecule has 0 fully saturated rings. The smallest absolute Gasteiger partial charge is 0.344 e. The molecule has 29 heavy (non-hydrogen) atoms. The van der Waals surface area contributed by atoms with E-state index in [1.165, 1.54) is 39.2 Å². The minimum Gasteiger partial charge on any atom is -0.493 e. The summed E-state index contributed by atoms with van der Waals surface area (Å²) < 4.78 is 15.6. The average Bonchev–Trinajstić information content (AvgIpc) is 2.71. The first-order chi connectivity index (χ1) is 13.8. The summed E-state index contributed by atoms with van der Waals surface area (Å²) in [5.74, 6) is -0.865. The van der Waals surface area contributed by atoms with Gasteiger partial charge in [0.1, 0.15) is 0 Å². The van der Waals surface area contributed by atoms with Gasteiger partial charge in [0.15, 0.2) is 30.0 Å². The van der Waals surface area contributed by atoms with Gasteiger partial charge >= 0.3 is 5.97 Å². The topological polar surface area (TPSA) is 115 Å². The van der Waals surface area contributed by atoms with Gasteiger partial charge < -0.3 is 19.5 Å². The van der Waals surface area contributed by atoms with E-state index in [0.29, 0.717) is 22.6 Å². The molecule has 0 aliphatic rings. The number of hydrogen-bond acceptors (Lipinski definition) is 7. The van der Waals surface area contributed by atoms with Crippen LogP contribution in [-0.4, -0.2) is 37.5 Å². The Morgan fingerprint density at radius 1 is 1.14 bits per heavy atom. The summed E-state index contributed by atoms with van der Waals surface area (Å²) >= 11 is 0. The number of nitriles is 1. The van der Waals surface area contributed by atoms with Crippen LogP contribution in [0.25, 0.3) is 0 Å². The van der Waals surface area contributed by atoms with Crippen molar-refractivity contribution in [3.8, 4) is 17.6 Å². The second-order valence-electron chi connectivity index (χ2n) is 6.02. The van der Waals surface area contributed by atoms with E-state index in [0.717, 1.165) is 0 Å². The van der Waals surface area contributed by atoms with E-state index >= 15 is 0 Å². The largest absolute Gasteiger partial charge is 0.493 e. The summed E-state index contributed by atoms with van der Waals surface area (Å²) in [6, 6.07) is 12.9. The summed E-state index contributed by atoms with van der Waals surface area (Å²) in [4.78, 5) is 35.6. The van der Waals surface area contributed by atoms with Crippen molar-refractivity contribution < 1.29 is 28.6 Å². The monoisotopic (exact) mass is 396 g/mol. The summed E-state index contributed by atoms with van der Waals surface area (Å²) in [5, 5.41) is 11.5. The number of ether oxygens (including phenoxy) is 3. The van der Waals surface area contributed by atoms with E-state index in [4.69, 9.17) is 19.5 Å².